The summed E-state index contributed by atoms with van der Waals surface area (Å²) in [4.78, 5) is 15.0. The van der Waals surface area contributed by atoms with Crippen LogP contribution < -0.4 is 4.74 Å². The van der Waals surface area contributed by atoms with Crippen LogP contribution in [0.25, 0.3) is 0 Å². The number of nitro groups is 1. The van der Waals surface area contributed by atoms with Crippen LogP contribution in [-0.4, -0.2) is 17.4 Å². The third kappa shape index (κ3) is 5.94. The minimum atomic E-state index is -0.440. The van der Waals surface area contributed by atoms with E-state index in [-0.39, 0.29) is 12.3 Å². The molecule has 0 aromatic heterocycles. The molecule has 0 saturated carbocycles. The molecule has 6 heteroatoms. The smallest absolute Gasteiger partial charge is 0.279 e. The van der Waals surface area contributed by atoms with E-state index >= 15 is 0 Å². The topological polar surface area (TPSA) is 74.0 Å². The maximum Gasteiger partial charge on any atom is 0.279 e. The lowest BCUT2D eigenvalue weighted by Gasteiger charge is -2.11. The molecule has 0 N–H and O–H groups in total. The molecule has 0 heterocycles. The zero-order chi connectivity index (χ0) is 17.2. The van der Waals surface area contributed by atoms with Crippen LogP contribution in [0.3, 0.4) is 0 Å². The molecule has 1 aromatic rings. The van der Waals surface area contributed by atoms with Crippen molar-refractivity contribution in [3.05, 3.63) is 57.8 Å². The molecule has 0 aliphatic heterocycles. The first-order chi connectivity index (χ1) is 11.0. The molecule has 0 aliphatic carbocycles. The summed E-state index contributed by atoms with van der Waals surface area (Å²) in [5.41, 5.74) is 1.17. The second-order valence-electron chi connectivity index (χ2n) is 4.70. The van der Waals surface area contributed by atoms with Crippen molar-refractivity contribution in [3.63, 3.8) is 0 Å². The lowest BCUT2D eigenvalue weighted by molar-refractivity contribution is -0.385. The number of nitro benzene ring substituents is 1. The van der Waals surface area contributed by atoms with Crippen molar-refractivity contribution >= 4 is 11.6 Å². The van der Waals surface area contributed by atoms with E-state index in [1.165, 1.54) is 6.07 Å². The van der Waals surface area contributed by atoms with Crippen LogP contribution in [0.2, 0.25) is 0 Å². The number of rotatable bonds is 7. The number of allylic oxidation sites excluding steroid dienone is 4. The van der Waals surface area contributed by atoms with Gasteiger partial charge in [-0.1, -0.05) is 18.2 Å². The van der Waals surface area contributed by atoms with E-state index < -0.39 is 4.92 Å². The van der Waals surface area contributed by atoms with Gasteiger partial charge in [-0.25, -0.2) is 4.99 Å². The molecule has 0 aliphatic rings. The fraction of sp³-hybridized carbons (Fsp3) is 0.353. The maximum absolute atomic E-state index is 11.2. The van der Waals surface area contributed by atoms with Crippen molar-refractivity contribution < 1.29 is 14.4 Å². The van der Waals surface area contributed by atoms with Crippen molar-refractivity contribution in [2.45, 2.75) is 34.3 Å². The first kappa shape index (κ1) is 18.4. The van der Waals surface area contributed by atoms with Crippen molar-refractivity contribution in [1.82, 2.24) is 0 Å². The minimum absolute atomic E-state index is 0.0232. The highest BCUT2D eigenvalue weighted by Gasteiger charge is 2.19. The van der Waals surface area contributed by atoms with E-state index in [0.717, 1.165) is 5.70 Å². The Labute approximate surface area is 136 Å². The van der Waals surface area contributed by atoms with Crippen LogP contribution in [0.5, 0.6) is 5.75 Å². The standard InChI is InChI=1S/C17H22N2O4/c1-5-7-9-13(3)18-14(4)23-12-15-16(19(20)21)10-8-11-17(15)22-6-2/h5,7-11H,6,12H2,1-4H3/b7-5+,13-9-,18-14?. The highest BCUT2D eigenvalue weighted by atomic mass is 16.6. The normalized spacial score (nSPS) is 12.5. The van der Waals surface area contributed by atoms with Gasteiger partial charge in [0.1, 0.15) is 17.9 Å². The summed E-state index contributed by atoms with van der Waals surface area (Å²) in [5.74, 6) is 0.888. The minimum Gasteiger partial charge on any atom is -0.493 e. The zero-order valence-electron chi connectivity index (χ0n) is 13.9. The number of benzene rings is 1. The molecule has 1 rings (SSSR count). The lowest BCUT2D eigenvalue weighted by atomic mass is 10.1. The Hall–Kier alpha value is -2.63. The van der Waals surface area contributed by atoms with Crippen LogP contribution >= 0.6 is 0 Å². The molecular formula is C17H22N2O4. The average molecular weight is 318 g/mol. The molecule has 0 spiro atoms. The molecule has 0 radical (unpaired) electrons. The predicted octanol–water partition coefficient (Wildman–Crippen LogP) is 4.41. The van der Waals surface area contributed by atoms with E-state index in [0.29, 0.717) is 23.8 Å². The first-order valence-corrected chi connectivity index (χ1v) is 7.36. The molecule has 23 heavy (non-hydrogen) atoms. The number of aliphatic imine (C=N–C) groups is 1. The average Bonchev–Trinajstić information content (AvgIpc) is 2.51. The van der Waals surface area contributed by atoms with E-state index in [1.54, 1.807) is 19.1 Å². The van der Waals surface area contributed by atoms with Crippen molar-refractivity contribution in [2.75, 3.05) is 6.61 Å². The largest absolute Gasteiger partial charge is 0.493 e. The van der Waals surface area contributed by atoms with E-state index in [4.69, 9.17) is 9.47 Å². The quantitative estimate of drug-likeness (QED) is 0.245. The molecule has 0 atom stereocenters. The van der Waals surface area contributed by atoms with Crippen LogP contribution in [0.4, 0.5) is 5.69 Å². The number of ether oxygens (including phenoxy) is 2. The van der Waals surface area contributed by atoms with E-state index in [2.05, 4.69) is 4.99 Å². The van der Waals surface area contributed by atoms with Gasteiger partial charge in [-0.2, -0.15) is 0 Å². The fourth-order valence-electron chi connectivity index (χ4n) is 1.89. The SMILES string of the molecule is C/C=C/C=C(/C)N=C(C)OCc1c(OCC)cccc1[N+](=O)[O-]. The van der Waals surface area contributed by atoms with Gasteiger partial charge in [0.15, 0.2) is 5.90 Å². The number of nitrogens with zero attached hydrogens (tertiary/aromatic N) is 2. The summed E-state index contributed by atoms with van der Waals surface area (Å²) >= 11 is 0. The Balaban J connectivity index is 2.95. The van der Waals surface area contributed by atoms with Crippen LogP contribution in [0.1, 0.15) is 33.3 Å². The van der Waals surface area contributed by atoms with Crippen molar-refractivity contribution in [3.8, 4) is 5.75 Å². The highest BCUT2D eigenvalue weighted by molar-refractivity contribution is 5.74. The van der Waals surface area contributed by atoms with Crippen molar-refractivity contribution in [2.24, 2.45) is 4.99 Å². The Bertz CT molecular complexity index is 633. The summed E-state index contributed by atoms with van der Waals surface area (Å²) in [6.45, 7) is 7.75. The third-order valence-corrected chi connectivity index (χ3v) is 2.89. The summed E-state index contributed by atoms with van der Waals surface area (Å²) in [7, 11) is 0. The summed E-state index contributed by atoms with van der Waals surface area (Å²) in [6, 6.07) is 4.72. The van der Waals surface area contributed by atoms with Crippen LogP contribution in [-0.2, 0) is 11.3 Å². The molecule has 0 fully saturated rings. The molecule has 1 aromatic carbocycles. The molecule has 6 nitrogen and oxygen atoms in total. The molecule has 0 unspecified atom stereocenters. The number of hydrogen-bond acceptors (Lipinski definition) is 5. The van der Waals surface area contributed by atoms with Crippen molar-refractivity contribution in [1.29, 1.82) is 0 Å². The van der Waals surface area contributed by atoms with Gasteiger partial charge in [-0.15, -0.1) is 0 Å². The zero-order valence-corrected chi connectivity index (χ0v) is 13.9. The fourth-order valence-corrected chi connectivity index (χ4v) is 1.89. The Kier molecular flexibility index (Phi) is 7.53. The van der Waals surface area contributed by atoms with Gasteiger partial charge in [0.05, 0.1) is 11.5 Å². The van der Waals surface area contributed by atoms with Gasteiger partial charge in [0, 0.05) is 18.7 Å². The van der Waals surface area contributed by atoms with Gasteiger partial charge in [-0.3, -0.25) is 10.1 Å². The molecule has 0 bridgehead atoms. The molecule has 0 amide bonds. The first-order valence-electron chi connectivity index (χ1n) is 7.36. The second-order valence-corrected chi connectivity index (χ2v) is 4.70. The van der Waals surface area contributed by atoms with Gasteiger partial charge in [0.25, 0.3) is 5.69 Å². The highest BCUT2D eigenvalue weighted by Crippen LogP contribution is 2.29. The summed E-state index contributed by atoms with van der Waals surface area (Å²) in [5, 5.41) is 11.2. The molecular weight excluding hydrogens is 296 g/mol. The van der Waals surface area contributed by atoms with Gasteiger partial charge < -0.3 is 9.47 Å². The Morgan fingerprint density at radius 2 is 2.13 bits per heavy atom. The van der Waals surface area contributed by atoms with E-state index in [9.17, 15) is 10.1 Å². The van der Waals surface area contributed by atoms with Gasteiger partial charge >= 0.3 is 0 Å². The monoisotopic (exact) mass is 318 g/mol. The third-order valence-electron chi connectivity index (χ3n) is 2.89. The molecule has 0 saturated heterocycles. The second kappa shape index (κ2) is 9.40. The lowest BCUT2D eigenvalue weighted by Crippen LogP contribution is -2.06. The summed E-state index contributed by atoms with van der Waals surface area (Å²) in [6.07, 6.45) is 5.63. The summed E-state index contributed by atoms with van der Waals surface area (Å²) < 4.78 is 11.0. The van der Waals surface area contributed by atoms with Gasteiger partial charge in [0.2, 0.25) is 0 Å². The van der Waals surface area contributed by atoms with Crippen LogP contribution in [0.15, 0.2) is 47.1 Å². The van der Waals surface area contributed by atoms with Crippen LogP contribution in [0, 0.1) is 10.1 Å². The van der Waals surface area contributed by atoms with E-state index in [1.807, 2.05) is 39.0 Å². The van der Waals surface area contributed by atoms with Gasteiger partial charge in [-0.05, 0) is 32.9 Å². The maximum atomic E-state index is 11.2. The number of hydrogen-bond donors (Lipinski definition) is 0. The Morgan fingerprint density at radius 1 is 1.39 bits per heavy atom. The predicted molar refractivity (Wildman–Crippen MR) is 90.7 cm³/mol. The Morgan fingerprint density at radius 3 is 2.74 bits per heavy atom. The molecule has 124 valence electrons.